The Bertz CT molecular complexity index is 1610. The number of hydrogen-bond donors (Lipinski definition) is 0. The van der Waals surface area contributed by atoms with Crippen LogP contribution in [0.5, 0.6) is 5.75 Å². The van der Waals surface area contributed by atoms with Gasteiger partial charge in [0.2, 0.25) is 0 Å². The van der Waals surface area contributed by atoms with Gasteiger partial charge in [-0.15, -0.1) is 0 Å². The van der Waals surface area contributed by atoms with Crippen molar-refractivity contribution in [1.82, 2.24) is 0 Å². The van der Waals surface area contributed by atoms with E-state index in [9.17, 15) is 17.6 Å². The molecular formula is C35H26BrF4OP. The SMILES string of the molecule is Fc1ccc(OCC#Cc2ccc(C(F)(F)F)cc2)c(CP(Br)(c2ccccc2)(c2ccccc2)c2ccccc2)c1. The van der Waals surface area contributed by atoms with E-state index in [1.165, 1.54) is 24.3 Å². The number of rotatable bonds is 7. The Morgan fingerprint density at radius 1 is 0.667 bits per heavy atom. The minimum absolute atomic E-state index is 0.0279. The van der Waals surface area contributed by atoms with Crippen LogP contribution in [0.3, 0.4) is 0 Å². The molecule has 7 heteroatoms. The molecule has 1 nitrogen and oxygen atoms in total. The van der Waals surface area contributed by atoms with Crippen LogP contribution >= 0.6 is 20.8 Å². The molecule has 0 heterocycles. The Labute approximate surface area is 250 Å². The van der Waals surface area contributed by atoms with Crippen LogP contribution in [-0.2, 0) is 12.3 Å². The molecule has 0 saturated carbocycles. The first-order chi connectivity index (χ1) is 20.2. The van der Waals surface area contributed by atoms with Gasteiger partial charge >= 0.3 is 238 Å². The zero-order chi connectivity index (χ0) is 29.7. The van der Waals surface area contributed by atoms with Gasteiger partial charge in [-0.1, -0.05) is 0 Å². The fraction of sp³-hybridized carbons (Fsp3) is 0.0857. The zero-order valence-electron chi connectivity index (χ0n) is 22.4. The molecule has 0 unspecified atom stereocenters. The second-order valence-corrected chi connectivity index (χ2v) is 18.7. The standard InChI is InChI=1S/C35H26BrF4OP/c36-42(31-12-4-1-5-13-31,32-14-6-2-7-15-32,33-16-8-3-9-17-33)26-28-25-30(37)22-23-34(28)41-24-10-11-27-18-20-29(21-19-27)35(38,39)40/h1-9,12-23,25H,24,26H2. The number of hydrogen-bond acceptors (Lipinski definition) is 1. The summed E-state index contributed by atoms with van der Waals surface area (Å²) >= 11 is 4.39. The van der Waals surface area contributed by atoms with E-state index in [2.05, 4.69) is 63.7 Å². The fourth-order valence-electron chi connectivity index (χ4n) is 5.06. The van der Waals surface area contributed by atoms with Gasteiger partial charge in [-0.25, -0.2) is 0 Å². The van der Waals surface area contributed by atoms with Crippen molar-refractivity contribution in [1.29, 1.82) is 0 Å². The summed E-state index contributed by atoms with van der Waals surface area (Å²) in [6, 6.07) is 39.6. The van der Waals surface area contributed by atoms with Crippen LogP contribution in [-0.4, -0.2) is 6.61 Å². The first-order valence-corrected chi connectivity index (χ1v) is 17.6. The minimum atomic E-state index is -4.40. The van der Waals surface area contributed by atoms with Crippen molar-refractivity contribution < 1.29 is 22.3 Å². The van der Waals surface area contributed by atoms with Crippen LogP contribution in [0.25, 0.3) is 0 Å². The average Bonchev–Trinajstić information content (AvgIpc) is 3.01. The summed E-state index contributed by atoms with van der Waals surface area (Å²) in [4.78, 5) is 0. The predicted molar refractivity (Wildman–Crippen MR) is 168 cm³/mol. The summed E-state index contributed by atoms with van der Waals surface area (Å²) in [5, 5.41) is -0.182. The number of ether oxygens (including phenoxy) is 1. The normalized spacial score (nSPS) is 12.5. The predicted octanol–water partition coefficient (Wildman–Crippen LogP) is 8.61. The van der Waals surface area contributed by atoms with Crippen molar-refractivity contribution in [2.45, 2.75) is 12.3 Å². The van der Waals surface area contributed by atoms with Crippen LogP contribution in [0.15, 0.2) is 133 Å². The van der Waals surface area contributed by atoms with Crippen LogP contribution in [0, 0.1) is 17.7 Å². The van der Waals surface area contributed by atoms with Gasteiger partial charge in [0.1, 0.15) is 0 Å². The van der Waals surface area contributed by atoms with Gasteiger partial charge in [0, 0.05) is 0 Å². The second kappa shape index (κ2) is 12.1. The Balaban J connectivity index is 1.55. The van der Waals surface area contributed by atoms with Gasteiger partial charge in [-0.2, -0.15) is 13.2 Å². The molecular weight excluding hydrogens is 623 g/mol. The van der Waals surface area contributed by atoms with Gasteiger partial charge in [-0.3, -0.25) is 0 Å². The molecule has 42 heavy (non-hydrogen) atoms. The summed E-state index contributed by atoms with van der Waals surface area (Å²) in [5.41, 5.74) is 0.373. The molecule has 0 radical (unpaired) electrons. The van der Waals surface area contributed by atoms with Crippen LogP contribution < -0.4 is 20.7 Å². The van der Waals surface area contributed by atoms with Crippen molar-refractivity contribution in [3.63, 3.8) is 0 Å². The molecule has 0 aromatic heterocycles. The molecule has 0 spiro atoms. The zero-order valence-corrected chi connectivity index (χ0v) is 24.8. The van der Waals surface area contributed by atoms with Gasteiger partial charge in [0.15, 0.2) is 0 Å². The summed E-state index contributed by atoms with van der Waals surface area (Å²) in [5.74, 6) is 5.80. The quantitative estimate of drug-likeness (QED) is 0.0975. The Kier molecular flexibility index (Phi) is 8.55. The van der Waals surface area contributed by atoms with Gasteiger partial charge < -0.3 is 0 Å². The Morgan fingerprint density at radius 3 is 1.64 bits per heavy atom. The molecule has 0 bridgehead atoms. The second-order valence-electron chi connectivity index (χ2n) is 9.77. The summed E-state index contributed by atoms with van der Waals surface area (Å²) < 4.78 is 59.5. The number of halogens is 5. The van der Waals surface area contributed by atoms with Gasteiger partial charge in [0.05, 0.1) is 0 Å². The van der Waals surface area contributed by atoms with Crippen molar-refractivity contribution in [2.24, 2.45) is 0 Å². The number of benzene rings is 5. The van der Waals surface area contributed by atoms with Crippen molar-refractivity contribution in [2.75, 3.05) is 6.61 Å². The molecule has 0 aliphatic heterocycles. The first-order valence-electron chi connectivity index (χ1n) is 13.2. The molecule has 5 aromatic rings. The molecule has 0 aliphatic rings. The monoisotopic (exact) mass is 648 g/mol. The molecule has 0 N–H and O–H groups in total. The average molecular weight is 649 g/mol. The van der Waals surface area contributed by atoms with E-state index in [4.69, 9.17) is 4.74 Å². The molecule has 0 saturated heterocycles. The van der Waals surface area contributed by atoms with Crippen LogP contribution in [0.2, 0.25) is 0 Å². The molecule has 0 atom stereocenters. The molecule has 0 aliphatic carbocycles. The summed E-state index contributed by atoms with van der Waals surface area (Å²) in [7, 11) is 0. The van der Waals surface area contributed by atoms with Crippen molar-refractivity contribution in [3.05, 3.63) is 156 Å². The molecule has 5 rings (SSSR count). The summed E-state index contributed by atoms with van der Waals surface area (Å²) in [6.45, 7) is -0.0279. The molecule has 0 fully saturated rings. The van der Waals surface area contributed by atoms with E-state index in [1.807, 2.05) is 54.6 Å². The first kappa shape index (κ1) is 29.6. The topological polar surface area (TPSA) is 9.23 Å². The maximum absolute atomic E-state index is 14.8. The van der Waals surface area contributed by atoms with Crippen molar-refractivity contribution >= 4 is 36.7 Å². The molecule has 0 amide bonds. The fourth-order valence-corrected chi connectivity index (χ4v) is 12.7. The Morgan fingerprint density at radius 2 is 1.17 bits per heavy atom. The van der Waals surface area contributed by atoms with Gasteiger partial charge in [-0.05, 0) is 0 Å². The van der Waals surface area contributed by atoms with E-state index >= 15 is 0 Å². The number of alkyl halides is 3. The van der Waals surface area contributed by atoms with Gasteiger partial charge in [0.25, 0.3) is 0 Å². The third kappa shape index (κ3) is 6.00. The van der Waals surface area contributed by atoms with E-state index in [0.717, 1.165) is 28.0 Å². The van der Waals surface area contributed by atoms with Crippen molar-refractivity contribution in [3.8, 4) is 17.6 Å². The van der Waals surface area contributed by atoms with E-state index in [0.29, 0.717) is 23.0 Å². The van der Waals surface area contributed by atoms with Crippen LogP contribution in [0.1, 0.15) is 16.7 Å². The Hall–Kier alpha value is -3.91. The summed E-state index contributed by atoms with van der Waals surface area (Å²) in [6.07, 6.45) is -3.98. The van der Waals surface area contributed by atoms with E-state index in [-0.39, 0.29) is 12.4 Å². The van der Waals surface area contributed by atoms with Crippen LogP contribution in [0.4, 0.5) is 17.6 Å². The third-order valence-corrected chi connectivity index (χ3v) is 16.6. The molecule has 212 valence electrons. The van der Waals surface area contributed by atoms with E-state index in [1.54, 1.807) is 6.07 Å². The third-order valence-electron chi connectivity index (χ3n) is 7.12. The van der Waals surface area contributed by atoms with E-state index < -0.39 is 17.0 Å². The molecule has 5 aromatic carbocycles. The maximum atomic E-state index is 14.8.